The predicted octanol–water partition coefficient (Wildman–Crippen LogP) is 5.22. The van der Waals surface area contributed by atoms with Gasteiger partial charge in [0.2, 0.25) is 0 Å². The average molecular weight is 447 g/mol. The SMILES string of the molecule is Cc1nn(-c2ccc(C(=O)N(Cc3ccc(C#N)cc3)CC(F)(F)F)cc2)c(C)c1Cl. The summed E-state index contributed by atoms with van der Waals surface area (Å²) in [6, 6.07) is 14.2. The van der Waals surface area contributed by atoms with Gasteiger partial charge in [0, 0.05) is 12.1 Å². The van der Waals surface area contributed by atoms with Crippen molar-refractivity contribution in [1.82, 2.24) is 14.7 Å². The molecule has 0 radical (unpaired) electrons. The Bertz CT molecular complexity index is 1130. The molecule has 0 spiro atoms. The van der Waals surface area contributed by atoms with E-state index in [2.05, 4.69) is 5.10 Å². The molecule has 160 valence electrons. The molecular formula is C22H18ClF3N4O. The Morgan fingerprint density at radius 3 is 2.23 bits per heavy atom. The first-order valence-electron chi connectivity index (χ1n) is 9.26. The van der Waals surface area contributed by atoms with Crippen LogP contribution >= 0.6 is 11.6 Å². The van der Waals surface area contributed by atoms with Gasteiger partial charge in [0.25, 0.3) is 5.91 Å². The van der Waals surface area contributed by atoms with Crippen molar-refractivity contribution in [2.24, 2.45) is 0 Å². The minimum Gasteiger partial charge on any atom is -0.325 e. The van der Waals surface area contributed by atoms with E-state index in [4.69, 9.17) is 16.9 Å². The van der Waals surface area contributed by atoms with Crippen molar-refractivity contribution < 1.29 is 18.0 Å². The van der Waals surface area contributed by atoms with Crippen LogP contribution in [-0.2, 0) is 6.54 Å². The standard InChI is InChI=1S/C22H18ClF3N4O/c1-14-20(23)15(2)30(28-14)19-9-7-18(8-10-19)21(31)29(13-22(24,25)26)12-17-5-3-16(11-27)4-6-17/h3-10H,12-13H2,1-2H3. The summed E-state index contributed by atoms with van der Waals surface area (Å²) in [6.07, 6.45) is -4.55. The van der Waals surface area contributed by atoms with Gasteiger partial charge in [-0.2, -0.15) is 23.5 Å². The third-order valence-corrected chi connectivity index (χ3v) is 5.22. The third kappa shape index (κ3) is 5.25. The number of hydrogen-bond acceptors (Lipinski definition) is 3. The lowest BCUT2D eigenvalue weighted by atomic mass is 10.1. The molecule has 2 aromatic carbocycles. The summed E-state index contributed by atoms with van der Waals surface area (Å²) < 4.78 is 40.9. The third-order valence-electron chi connectivity index (χ3n) is 4.68. The summed E-state index contributed by atoms with van der Waals surface area (Å²) in [4.78, 5) is 13.6. The second-order valence-electron chi connectivity index (χ2n) is 7.03. The highest BCUT2D eigenvalue weighted by Gasteiger charge is 2.33. The van der Waals surface area contributed by atoms with Crippen molar-refractivity contribution in [2.45, 2.75) is 26.6 Å². The highest BCUT2D eigenvalue weighted by atomic mass is 35.5. The molecule has 0 fully saturated rings. The zero-order valence-corrected chi connectivity index (χ0v) is 17.5. The van der Waals surface area contributed by atoms with E-state index >= 15 is 0 Å². The van der Waals surface area contributed by atoms with Gasteiger partial charge in [0.15, 0.2) is 0 Å². The molecule has 0 atom stereocenters. The highest BCUT2D eigenvalue weighted by molar-refractivity contribution is 6.31. The highest BCUT2D eigenvalue weighted by Crippen LogP contribution is 2.24. The molecule has 5 nitrogen and oxygen atoms in total. The first-order chi connectivity index (χ1) is 14.6. The summed E-state index contributed by atoms with van der Waals surface area (Å²) in [5.41, 5.74) is 3.01. The van der Waals surface area contributed by atoms with Crippen molar-refractivity contribution in [2.75, 3.05) is 6.54 Å². The topological polar surface area (TPSA) is 61.9 Å². The van der Waals surface area contributed by atoms with E-state index < -0.39 is 18.6 Å². The number of amides is 1. The molecule has 31 heavy (non-hydrogen) atoms. The number of aryl methyl sites for hydroxylation is 1. The predicted molar refractivity (Wildman–Crippen MR) is 110 cm³/mol. The van der Waals surface area contributed by atoms with Crippen LogP contribution in [0.2, 0.25) is 5.02 Å². The maximum atomic E-state index is 13.1. The molecule has 1 aromatic heterocycles. The lowest BCUT2D eigenvalue weighted by Crippen LogP contribution is -2.38. The van der Waals surface area contributed by atoms with Gasteiger partial charge in [0.05, 0.1) is 33.7 Å². The Kier molecular flexibility index (Phi) is 6.37. The molecule has 0 unspecified atom stereocenters. The van der Waals surface area contributed by atoms with E-state index in [9.17, 15) is 18.0 Å². The molecule has 1 amide bonds. The fraction of sp³-hybridized carbons (Fsp3) is 0.227. The van der Waals surface area contributed by atoms with E-state index in [0.717, 1.165) is 10.6 Å². The Morgan fingerprint density at radius 2 is 1.74 bits per heavy atom. The van der Waals surface area contributed by atoms with Gasteiger partial charge in [-0.05, 0) is 55.8 Å². The number of aromatic nitrogens is 2. The van der Waals surface area contributed by atoms with Crippen LogP contribution in [0.15, 0.2) is 48.5 Å². The van der Waals surface area contributed by atoms with Crippen LogP contribution in [0, 0.1) is 25.2 Å². The van der Waals surface area contributed by atoms with Gasteiger partial charge in [-0.15, -0.1) is 0 Å². The van der Waals surface area contributed by atoms with Gasteiger partial charge >= 0.3 is 6.18 Å². The maximum absolute atomic E-state index is 13.1. The summed E-state index contributed by atoms with van der Waals surface area (Å²) in [5.74, 6) is -0.750. The summed E-state index contributed by atoms with van der Waals surface area (Å²) >= 11 is 6.16. The second-order valence-corrected chi connectivity index (χ2v) is 7.41. The lowest BCUT2D eigenvalue weighted by molar-refractivity contribution is -0.141. The normalized spacial score (nSPS) is 11.3. The molecule has 9 heteroatoms. The van der Waals surface area contributed by atoms with E-state index in [1.54, 1.807) is 30.7 Å². The van der Waals surface area contributed by atoms with Gasteiger partial charge in [0.1, 0.15) is 6.54 Å². The fourth-order valence-corrected chi connectivity index (χ4v) is 3.24. The number of nitriles is 1. The average Bonchev–Trinajstić information content (AvgIpc) is 3.00. The zero-order chi connectivity index (χ0) is 22.8. The molecule has 0 N–H and O–H groups in total. The first-order valence-corrected chi connectivity index (χ1v) is 9.64. The van der Waals surface area contributed by atoms with E-state index in [-0.39, 0.29) is 12.1 Å². The smallest absolute Gasteiger partial charge is 0.325 e. The number of carbonyl (C=O) groups is 1. The fourth-order valence-electron chi connectivity index (χ4n) is 3.12. The summed E-state index contributed by atoms with van der Waals surface area (Å²) in [5, 5.41) is 13.7. The minimum absolute atomic E-state index is 0.120. The van der Waals surface area contributed by atoms with Crippen LogP contribution in [-0.4, -0.2) is 33.3 Å². The van der Waals surface area contributed by atoms with Crippen molar-refractivity contribution >= 4 is 17.5 Å². The number of alkyl halides is 3. The molecule has 0 bridgehead atoms. The monoisotopic (exact) mass is 446 g/mol. The lowest BCUT2D eigenvalue weighted by Gasteiger charge is -2.24. The molecule has 1 heterocycles. The summed E-state index contributed by atoms with van der Waals surface area (Å²) in [6.45, 7) is 1.94. The van der Waals surface area contributed by atoms with E-state index in [1.165, 1.54) is 36.4 Å². The molecular weight excluding hydrogens is 429 g/mol. The van der Waals surface area contributed by atoms with Gasteiger partial charge in [-0.1, -0.05) is 23.7 Å². The number of benzene rings is 2. The van der Waals surface area contributed by atoms with Crippen LogP contribution in [0.25, 0.3) is 5.69 Å². The number of rotatable bonds is 5. The second kappa shape index (κ2) is 8.82. The zero-order valence-electron chi connectivity index (χ0n) is 16.7. The van der Waals surface area contributed by atoms with E-state index in [1.807, 2.05) is 6.07 Å². The van der Waals surface area contributed by atoms with Gasteiger partial charge in [-0.3, -0.25) is 4.79 Å². The van der Waals surface area contributed by atoms with Crippen molar-refractivity contribution in [3.05, 3.63) is 81.6 Å². The Labute approximate surface area is 182 Å². The molecule has 3 aromatic rings. The molecule has 3 rings (SSSR count). The number of hydrogen-bond donors (Lipinski definition) is 0. The van der Waals surface area contributed by atoms with Gasteiger partial charge < -0.3 is 4.90 Å². The Balaban J connectivity index is 1.86. The van der Waals surface area contributed by atoms with E-state index in [0.29, 0.717) is 27.5 Å². The van der Waals surface area contributed by atoms with Crippen LogP contribution in [0.1, 0.15) is 32.9 Å². The number of carbonyl (C=O) groups excluding carboxylic acids is 1. The van der Waals surface area contributed by atoms with Crippen LogP contribution in [0.5, 0.6) is 0 Å². The molecule has 0 saturated heterocycles. The quantitative estimate of drug-likeness (QED) is 0.540. The van der Waals surface area contributed by atoms with Crippen LogP contribution in [0.4, 0.5) is 13.2 Å². The Morgan fingerprint density at radius 1 is 1.13 bits per heavy atom. The number of nitrogens with zero attached hydrogens (tertiary/aromatic N) is 4. The van der Waals surface area contributed by atoms with Crippen LogP contribution < -0.4 is 0 Å². The first kappa shape index (κ1) is 22.4. The maximum Gasteiger partial charge on any atom is 0.406 e. The molecule has 0 aliphatic heterocycles. The molecule has 0 aliphatic carbocycles. The summed E-state index contributed by atoms with van der Waals surface area (Å²) in [7, 11) is 0. The molecule has 0 aliphatic rings. The Hall–Kier alpha value is -3.31. The number of halogens is 4. The van der Waals surface area contributed by atoms with Crippen LogP contribution in [0.3, 0.4) is 0 Å². The van der Waals surface area contributed by atoms with Crippen molar-refractivity contribution in [3.8, 4) is 11.8 Å². The largest absolute Gasteiger partial charge is 0.406 e. The minimum atomic E-state index is -4.55. The van der Waals surface area contributed by atoms with Gasteiger partial charge in [-0.25, -0.2) is 4.68 Å². The molecule has 0 saturated carbocycles. The van der Waals surface area contributed by atoms with Crippen molar-refractivity contribution in [1.29, 1.82) is 5.26 Å². The van der Waals surface area contributed by atoms with Crippen molar-refractivity contribution in [3.63, 3.8) is 0 Å².